The van der Waals surface area contributed by atoms with E-state index in [4.69, 9.17) is 22.4 Å². The summed E-state index contributed by atoms with van der Waals surface area (Å²) in [7, 11) is 0. The van der Waals surface area contributed by atoms with E-state index in [1.807, 2.05) is 18.2 Å². The van der Waals surface area contributed by atoms with Gasteiger partial charge in [0.05, 0.1) is 6.54 Å². The molecular weight excluding hydrogens is 306 g/mol. The summed E-state index contributed by atoms with van der Waals surface area (Å²) in [6, 6.07) is 6.45. The molecule has 0 aliphatic carbocycles. The third-order valence-electron chi connectivity index (χ3n) is 3.14. The second-order valence-electron chi connectivity index (χ2n) is 4.94. The highest BCUT2D eigenvalue weighted by Crippen LogP contribution is 2.14. The molecule has 7 heteroatoms. The van der Waals surface area contributed by atoms with Gasteiger partial charge in [0.1, 0.15) is 6.04 Å². The summed E-state index contributed by atoms with van der Waals surface area (Å²) in [6.07, 6.45) is 1.79. The van der Waals surface area contributed by atoms with Crippen LogP contribution < -0.4 is 16.4 Å². The van der Waals surface area contributed by atoms with Crippen molar-refractivity contribution in [3.05, 3.63) is 34.9 Å². The monoisotopic (exact) mass is 327 g/mol. The topological polar surface area (TPSA) is 104 Å². The van der Waals surface area contributed by atoms with E-state index in [2.05, 4.69) is 10.6 Å². The molecule has 0 heterocycles. The molecule has 1 aromatic carbocycles. The fourth-order valence-corrected chi connectivity index (χ4v) is 2.15. The van der Waals surface area contributed by atoms with E-state index in [0.717, 1.165) is 12.0 Å². The van der Waals surface area contributed by atoms with Gasteiger partial charge in [-0.2, -0.15) is 0 Å². The fourth-order valence-electron chi connectivity index (χ4n) is 1.95. The SMILES string of the molecule is NCCCC[C@H](NC(=O)CNCc1ccccc1Cl)C(=O)O. The molecule has 0 unspecified atom stereocenters. The molecule has 0 spiro atoms. The molecule has 1 aromatic rings. The lowest BCUT2D eigenvalue weighted by molar-refractivity contribution is -0.141. The quantitative estimate of drug-likeness (QED) is 0.482. The van der Waals surface area contributed by atoms with Gasteiger partial charge < -0.3 is 21.5 Å². The van der Waals surface area contributed by atoms with Crippen molar-refractivity contribution >= 4 is 23.5 Å². The lowest BCUT2D eigenvalue weighted by Crippen LogP contribution is -2.44. The number of hydrogen-bond acceptors (Lipinski definition) is 4. The Morgan fingerprint density at radius 1 is 1.27 bits per heavy atom. The first-order valence-electron chi connectivity index (χ1n) is 7.21. The number of carbonyl (C=O) groups excluding carboxylic acids is 1. The zero-order valence-electron chi connectivity index (χ0n) is 12.3. The Kier molecular flexibility index (Phi) is 8.50. The summed E-state index contributed by atoms with van der Waals surface area (Å²) >= 11 is 6.01. The third-order valence-corrected chi connectivity index (χ3v) is 3.51. The molecule has 5 N–H and O–H groups in total. The number of carbonyl (C=O) groups is 2. The van der Waals surface area contributed by atoms with Crippen molar-refractivity contribution in [3.8, 4) is 0 Å². The van der Waals surface area contributed by atoms with Gasteiger partial charge in [0.15, 0.2) is 0 Å². The molecule has 1 atom stereocenters. The van der Waals surface area contributed by atoms with Gasteiger partial charge in [0, 0.05) is 11.6 Å². The smallest absolute Gasteiger partial charge is 0.326 e. The van der Waals surface area contributed by atoms with Crippen molar-refractivity contribution in [1.29, 1.82) is 0 Å². The van der Waals surface area contributed by atoms with Gasteiger partial charge in [0.2, 0.25) is 5.91 Å². The Morgan fingerprint density at radius 3 is 2.64 bits per heavy atom. The maximum absolute atomic E-state index is 11.8. The number of nitrogens with one attached hydrogen (secondary N) is 2. The zero-order valence-corrected chi connectivity index (χ0v) is 13.1. The molecule has 0 aliphatic heterocycles. The predicted molar refractivity (Wildman–Crippen MR) is 85.6 cm³/mol. The number of carboxylic acid groups (broad SMARTS) is 1. The minimum atomic E-state index is -1.03. The normalized spacial score (nSPS) is 11.9. The number of aliphatic carboxylic acids is 1. The van der Waals surface area contributed by atoms with Crippen LogP contribution in [0, 0.1) is 0 Å². The molecule has 0 bridgehead atoms. The van der Waals surface area contributed by atoms with Crippen LogP contribution in [-0.4, -0.2) is 36.1 Å². The first-order valence-corrected chi connectivity index (χ1v) is 7.58. The van der Waals surface area contributed by atoms with Crippen molar-refractivity contribution in [2.24, 2.45) is 5.73 Å². The predicted octanol–water partition coefficient (Wildman–Crippen LogP) is 1.13. The van der Waals surface area contributed by atoms with Crippen LogP contribution in [0.3, 0.4) is 0 Å². The van der Waals surface area contributed by atoms with E-state index < -0.39 is 12.0 Å². The van der Waals surface area contributed by atoms with E-state index >= 15 is 0 Å². The first kappa shape index (κ1) is 18.4. The van der Waals surface area contributed by atoms with Gasteiger partial charge in [-0.05, 0) is 37.4 Å². The van der Waals surface area contributed by atoms with Crippen LogP contribution >= 0.6 is 11.6 Å². The molecule has 0 saturated heterocycles. The van der Waals surface area contributed by atoms with Crippen molar-refractivity contribution in [3.63, 3.8) is 0 Å². The molecule has 122 valence electrons. The molecule has 0 saturated carbocycles. The van der Waals surface area contributed by atoms with E-state index in [9.17, 15) is 9.59 Å². The standard InChI is InChI=1S/C15H22ClN3O3/c16-12-6-2-1-5-11(12)9-18-10-14(20)19-13(15(21)22)7-3-4-8-17/h1-2,5-6,13,18H,3-4,7-10,17H2,(H,19,20)(H,21,22)/t13-/m0/s1. The summed E-state index contributed by atoms with van der Waals surface area (Å²) in [4.78, 5) is 22.9. The van der Waals surface area contributed by atoms with Crippen LogP contribution in [0.25, 0.3) is 0 Å². The van der Waals surface area contributed by atoms with Crippen LogP contribution in [0.15, 0.2) is 24.3 Å². The molecule has 0 fully saturated rings. The number of nitrogens with two attached hydrogens (primary N) is 1. The van der Waals surface area contributed by atoms with Gasteiger partial charge in [-0.3, -0.25) is 4.79 Å². The average Bonchev–Trinajstić information content (AvgIpc) is 2.48. The molecule has 6 nitrogen and oxygen atoms in total. The van der Waals surface area contributed by atoms with Crippen LogP contribution in [0.5, 0.6) is 0 Å². The average molecular weight is 328 g/mol. The maximum atomic E-state index is 11.8. The number of benzene rings is 1. The number of unbranched alkanes of at least 4 members (excludes halogenated alkanes) is 1. The number of halogens is 1. The minimum absolute atomic E-state index is 0.0336. The Balaban J connectivity index is 2.34. The summed E-state index contributed by atoms with van der Waals surface area (Å²) in [5, 5.41) is 15.1. The van der Waals surface area contributed by atoms with Gasteiger partial charge in [-0.1, -0.05) is 29.8 Å². The zero-order chi connectivity index (χ0) is 16.4. The maximum Gasteiger partial charge on any atom is 0.326 e. The number of hydrogen-bond donors (Lipinski definition) is 4. The van der Waals surface area contributed by atoms with E-state index in [1.165, 1.54) is 0 Å². The van der Waals surface area contributed by atoms with Crippen molar-refractivity contribution in [2.45, 2.75) is 31.8 Å². The largest absolute Gasteiger partial charge is 0.480 e. The highest BCUT2D eigenvalue weighted by molar-refractivity contribution is 6.31. The number of carboxylic acids is 1. The lowest BCUT2D eigenvalue weighted by atomic mass is 10.1. The fraction of sp³-hybridized carbons (Fsp3) is 0.467. The molecule has 0 aliphatic rings. The van der Waals surface area contributed by atoms with Crippen molar-refractivity contribution < 1.29 is 14.7 Å². The molecule has 22 heavy (non-hydrogen) atoms. The van der Waals surface area contributed by atoms with Gasteiger partial charge >= 0.3 is 5.97 Å². The molecule has 0 aromatic heterocycles. The van der Waals surface area contributed by atoms with Crippen LogP contribution in [0.4, 0.5) is 0 Å². The second kappa shape index (κ2) is 10.2. The Labute approximate surface area is 135 Å². The molecule has 1 rings (SSSR count). The Hall–Kier alpha value is -1.63. The summed E-state index contributed by atoms with van der Waals surface area (Å²) in [5.41, 5.74) is 6.25. The summed E-state index contributed by atoms with van der Waals surface area (Å²) in [5.74, 6) is -1.39. The third kappa shape index (κ3) is 6.89. The van der Waals surface area contributed by atoms with Gasteiger partial charge in [0.25, 0.3) is 0 Å². The van der Waals surface area contributed by atoms with Gasteiger partial charge in [-0.15, -0.1) is 0 Å². The van der Waals surface area contributed by atoms with Crippen LogP contribution in [0.1, 0.15) is 24.8 Å². The van der Waals surface area contributed by atoms with E-state index in [0.29, 0.717) is 31.0 Å². The minimum Gasteiger partial charge on any atom is -0.480 e. The Morgan fingerprint density at radius 2 is 2.00 bits per heavy atom. The lowest BCUT2D eigenvalue weighted by Gasteiger charge is -2.14. The van der Waals surface area contributed by atoms with Crippen molar-refractivity contribution in [1.82, 2.24) is 10.6 Å². The molecule has 0 radical (unpaired) electrons. The number of amides is 1. The second-order valence-corrected chi connectivity index (χ2v) is 5.34. The first-order chi connectivity index (χ1) is 10.5. The van der Waals surface area contributed by atoms with E-state index in [1.54, 1.807) is 6.07 Å². The summed E-state index contributed by atoms with van der Waals surface area (Å²) < 4.78 is 0. The molecular formula is C15H22ClN3O3. The number of rotatable bonds is 10. The van der Waals surface area contributed by atoms with Crippen LogP contribution in [-0.2, 0) is 16.1 Å². The Bertz CT molecular complexity index is 497. The highest BCUT2D eigenvalue weighted by atomic mass is 35.5. The highest BCUT2D eigenvalue weighted by Gasteiger charge is 2.18. The van der Waals surface area contributed by atoms with Crippen LogP contribution in [0.2, 0.25) is 5.02 Å². The van der Waals surface area contributed by atoms with E-state index in [-0.39, 0.29) is 12.5 Å². The van der Waals surface area contributed by atoms with Gasteiger partial charge in [-0.25, -0.2) is 4.79 Å². The van der Waals surface area contributed by atoms with Crippen molar-refractivity contribution in [2.75, 3.05) is 13.1 Å². The molecule has 1 amide bonds. The summed E-state index contributed by atoms with van der Waals surface area (Å²) in [6.45, 7) is 0.990.